The Balaban J connectivity index is 1.97. The molecular weight excluding hydrogens is 293 g/mol. The lowest BCUT2D eigenvalue weighted by Gasteiger charge is -2.12. The fourth-order valence-corrected chi connectivity index (χ4v) is 2.31. The van der Waals surface area contributed by atoms with Crippen molar-refractivity contribution < 1.29 is 4.39 Å². The highest BCUT2D eigenvalue weighted by Gasteiger charge is 2.06. The summed E-state index contributed by atoms with van der Waals surface area (Å²) >= 11 is 3.19. The SMILES string of the molecule is NC(CCc1ccc(F)c(Br)c1)c1ccccc1. The maximum atomic E-state index is 13.1. The number of rotatable bonds is 4. The Bertz CT molecular complexity index is 513. The number of aryl methyl sites for hydroxylation is 1. The van der Waals surface area contributed by atoms with Crippen LogP contribution < -0.4 is 5.73 Å². The van der Waals surface area contributed by atoms with Crippen molar-refractivity contribution in [3.05, 3.63) is 69.9 Å². The first-order valence-electron chi connectivity index (χ1n) is 5.91. The van der Waals surface area contributed by atoms with Gasteiger partial charge in [0.25, 0.3) is 0 Å². The van der Waals surface area contributed by atoms with Crippen LogP contribution in [0.4, 0.5) is 4.39 Å². The van der Waals surface area contributed by atoms with E-state index in [2.05, 4.69) is 15.9 Å². The molecule has 1 nitrogen and oxygen atoms in total. The number of benzene rings is 2. The molecule has 0 heterocycles. The van der Waals surface area contributed by atoms with Crippen molar-refractivity contribution in [1.82, 2.24) is 0 Å². The van der Waals surface area contributed by atoms with Crippen LogP contribution in [-0.2, 0) is 6.42 Å². The minimum Gasteiger partial charge on any atom is -0.324 e. The Morgan fingerprint density at radius 1 is 1.11 bits per heavy atom. The van der Waals surface area contributed by atoms with Crippen LogP contribution in [0.15, 0.2) is 53.0 Å². The van der Waals surface area contributed by atoms with Crippen molar-refractivity contribution in [3.8, 4) is 0 Å². The zero-order valence-corrected chi connectivity index (χ0v) is 11.5. The largest absolute Gasteiger partial charge is 0.324 e. The molecule has 0 fully saturated rings. The van der Waals surface area contributed by atoms with E-state index in [4.69, 9.17) is 5.73 Å². The molecule has 0 aromatic heterocycles. The molecule has 2 aromatic carbocycles. The lowest BCUT2D eigenvalue weighted by molar-refractivity contribution is 0.617. The molecular formula is C15H15BrFN. The summed E-state index contributed by atoms with van der Waals surface area (Å²) in [4.78, 5) is 0. The zero-order valence-electron chi connectivity index (χ0n) is 9.94. The molecule has 94 valence electrons. The molecule has 0 saturated heterocycles. The monoisotopic (exact) mass is 307 g/mol. The first-order valence-corrected chi connectivity index (χ1v) is 6.70. The first-order chi connectivity index (χ1) is 8.66. The van der Waals surface area contributed by atoms with Gasteiger partial charge >= 0.3 is 0 Å². The molecule has 1 atom stereocenters. The van der Waals surface area contributed by atoms with Gasteiger partial charge in [-0.05, 0) is 52.0 Å². The third-order valence-electron chi connectivity index (χ3n) is 2.96. The van der Waals surface area contributed by atoms with E-state index in [0.29, 0.717) is 4.47 Å². The summed E-state index contributed by atoms with van der Waals surface area (Å²) in [5.74, 6) is -0.230. The summed E-state index contributed by atoms with van der Waals surface area (Å²) in [6, 6.07) is 15.1. The summed E-state index contributed by atoms with van der Waals surface area (Å²) in [6.45, 7) is 0. The van der Waals surface area contributed by atoms with Gasteiger partial charge < -0.3 is 5.73 Å². The number of nitrogens with two attached hydrogens (primary N) is 1. The summed E-state index contributed by atoms with van der Waals surface area (Å²) < 4.78 is 13.6. The third kappa shape index (κ3) is 3.40. The van der Waals surface area contributed by atoms with Crippen LogP contribution in [0, 0.1) is 5.82 Å². The van der Waals surface area contributed by atoms with Gasteiger partial charge in [0, 0.05) is 6.04 Å². The van der Waals surface area contributed by atoms with Gasteiger partial charge in [-0.15, -0.1) is 0 Å². The fourth-order valence-electron chi connectivity index (χ4n) is 1.88. The van der Waals surface area contributed by atoms with Crippen molar-refractivity contribution in [2.24, 2.45) is 5.73 Å². The van der Waals surface area contributed by atoms with Crippen LogP contribution in [0.1, 0.15) is 23.6 Å². The van der Waals surface area contributed by atoms with Gasteiger partial charge in [0.1, 0.15) is 5.82 Å². The quantitative estimate of drug-likeness (QED) is 0.899. The first kappa shape index (κ1) is 13.2. The van der Waals surface area contributed by atoms with Crippen LogP contribution in [-0.4, -0.2) is 0 Å². The number of halogens is 2. The fraction of sp³-hybridized carbons (Fsp3) is 0.200. The molecule has 2 rings (SSSR count). The van der Waals surface area contributed by atoms with Crippen LogP contribution in [0.3, 0.4) is 0 Å². The molecule has 18 heavy (non-hydrogen) atoms. The van der Waals surface area contributed by atoms with Crippen molar-refractivity contribution in [3.63, 3.8) is 0 Å². The Morgan fingerprint density at radius 3 is 2.50 bits per heavy atom. The van der Waals surface area contributed by atoms with Gasteiger partial charge in [-0.2, -0.15) is 0 Å². The van der Waals surface area contributed by atoms with E-state index in [-0.39, 0.29) is 11.9 Å². The Morgan fingerprint density at radius 2 is 1.83 bits per heavy atom. The topological polar surface area (TPSA) is 26.0 Å². The van der Waals surface area contributed by atoms with Crippen LogP contribution >= 0.6 is 15.9 Å². The molecule has 0 bridgehead atoms. The minimum atomic E-state index is -0.230. The van der Waals surface area contributed by atoms with Crippen LogP contribution in [0.2, 0.25) is 0 Å². The van der Waals surface area contributed by atoms with Gasteiger partial charge in [-0.3, -0.25) is 0 Å². The molecule has 0 saturated carbocycles. The third-order valence-corrected chi connectivity index (χ3v) is 3.56. The minimum absolute atomic E-state index is 0.0232. The van der Waals surface area contributed by atoms with E-state index < -0.39 is 0 Å². The van der Waals surface area contributed by atoms with Gasteiger partial charge in [0.15, 0.2) is 0 Å². The lowest BCUT2D eigenvalue weighted by atomic mass is 10.00. The predicted octanol–water partition coefficient (Wildman–Crippen LogP) is 4.22. The molecule has 0 aliphatic carbocycles. The van der Waals surface area contributed by atoms with E-state index >= 15 is 0 Å². The second kappa shape index (κ2) is 6.12. The average molecular weight is 308 g/mol. The highest BCUT2D eigenvalue weighted by atomic mass is 79.9. The van der Waals surface area contributed by atoms with E-state index in [1.54, 1.807) is 6.07 Å². The van der Waals surface area contributed by atoms with Crippen LogP contribution in [0.5, 0.6) is 0 Å². The van der Waals surface area contributed by atoms with Crippen molar-refractivity contribution in [1.29, 1.82) is 0 Å². The summed E-state index contributed by atoms with van der Waals surface area (Å²) in [7, 11) is 0. The summed E-state index contributed by atoms with van der Waals surface area (Å²) in [5.41, 5.74) is 8.35. The molecule has 0 aliphatic heterocycles. The Kier molecular flexibility index (Phi) is 4.50. The maximum Gasteiger partial charge on any atom is 0.137 e. The maximum absolute atomic E-state index is 13.1. The van der Waals surface area contributed by atoms with Crippen molar-refractivity contribution in [2.75, 3.05) is 0 Å². The molecule has 2 aromatic rings. The summed E-state index contributed by atoms with van der Waals surface area (Å²) in [6.07, 6.45) is 1.69. The molecule has 0 aliphatic rings. The Labute approximate surface area is 115 Å². The van der Waals surface area contributed by atoms with Crippen molar-refractivity contribution >= 4 is 15.9 Å². The van der Waals surface area contributed by atoms with Crippen LogP contribution in [0.25, 0.3) is 0 Å². The standard InChI is InChI=1S/C15H15BrFN/c16-13-10-11(6-8-14(13)17)7-9-15(18)12-4-2-1-3-5-12/h1-6,8,10,15H,7,9,18H2. The van der Waals surface area contributed by atoms with Gasteiger partial charge in [-0.1, -0.05) is 36.4 Å². The normalized spacial score (nSPS) is 12.4. The smallest absolute Gasteiger partial charge is 0.137 e. The molecule has 3 heteroatoms. The molecule has 0 radical (unpaired) electrons. The van der Waals surface area contributed by atoms with E-state index in [1.807, 2.05) is 36.4 Å². The number of hydrogen-bond donors (Lipinski definition) is 1. The van der Waals surface area contributed by atoms with E-state index in [0.717, 1.165) is 24.0 Å². The average Bonchev–Trinajstić information content (AvgIpc) is 2.41. The highest BCUT2D eigenvalue weighted by Crippen LogP contribution is 2.20. The second-order valence-electron chi connectivity index (χ2n) is 4.30. The van der Waals surface area contributed by atoms with Gasteiger partial charge in [-0.25, -0.2) is 4.39 Å². The molecule has 0 spiro atoms. The molecule has 2 N–H and O–H groups in total. The van der Waals surface area contributed by atoms with E-state index in [1.165, 1.54) is 6.07 Å². The highest BCUT2D eigenvalue weighted by molar-refractivity contribution is 9.10. The summed E-state index contributed by atoms with van der Waals surface area (Å²) in [5, 5.41) is 0. The van der Waals surface area contributed by atoms with Gasteiger partial charge in [0.2, 0.25) is 0 Å². The molecule has 0 amide bonds. The number of hydrogen-bond acceptors (Lipinski definition) is 1. The lowest BCUT2D eigenvalue weighted by Crippen LogP contribution is -2.11. The second-order valence-corrected chi connectivity index (χ2v) is 5.16. The predicted molar refractivity (Wildman–Crippen MR) is 75.8 cm³/mol. The Hall–Kier alpha value is -1.19. The van der Waals surface area contributed by atoms with Gasteiger partial charge in [0.05, 0.1) is 4.47 Å². The van der Waals surface area contributed by atoms with Crippen molar-refractivity contribution in [2.45, 2.75) is 18.9 Å². The zero-order chi connectivity index (χ0) is 13.0. The van der Waals surface area contributed by atoms with E-state index in [9.17, 15) is 4.39 Å². The molecule has 1 unspecified atom stereocenters.